The van der Waals surface area contributed by atoms with Crippen LogP contribution in [-0.2, 0) is 9.31 Å². The number of halogens is 2. The zero-order valence-electron chi connectivity index (χ0n) is 14.9. The van der Waals surface area contributed by atoms with Crippen molar-refractivity contribution in [1.29, 1.82) is 0 Å². The molecule has 1 aromatic carbocycles. The molecule has 0 saturated carbocycles. The first-order valence-corrected chi connectivity index (χ1v) is 7.91. The highest BCUT2D eigenvalue weighted by atomic mass is 19.1. The number of hydrogen-bond acceptors (Lipinski definition) is 4. The van der Waals surface area contributed by atoms with E-state index >= 15 is 0 Å². The van der Waals surface area contributed by atoms with Crippen LogP contribution in [0.4, 0.5) is 8.78 Å². The van der Waals surface area contributed by atoms with E-state index in [9.17, 15) is 13.6 Å². The Labute approximate surface area is 146 Å². The maximum absolute atomic E-state index is 14.2. The van der Waals surface area contributed by atoms with Crippen LogP contribution in [0.25, 0.3) is 6.08 Å². The summed E-state index contributed by atoms with van der Waals surface area (Å²) in [6, 6.07) is 1.58. The molecule has 1 fully saturated rings. The SMILES string of the molecule is CNCC(=Cc1c(F)cc(C(=O)O)cc1F)B1OC(C)(C)C(C)(C)O1. The lowest BCUT2D eigenvalue weighted by Crippen LogP contribution is -2.41. The molecule has 1 aliphatic rings. The molecule has 0 bridgehead atoms. The highest BCUT2D eigenvalue weighted by Crippen LogP contribution is 2.38. The number of hydrogen-bond donors (Lipinski definition) is 2. The van der Waals surface area contributed by atoms with Gasteiger partial charge in [-0.25, -0.2) is 13.6 Å². The van der Waals surface area contributed by atoms with Crippen LogP contribution in [0.3, 0.4) is 0 Å². The standard InChI is InChI=1S/C17H22BF2NO4/c1-16(2)17(3,4)25-18(24-16)11(9-21-5)8-12-13(19)6-10(15(22)23)7-14(12)20/h6-8,21H,9H2,1-5H3,(H,22,23). The maximum Gasteiger partial charge on any atom is 0.491 e. The Morgan fingerprint density at radius 3 is 2.08 bits per heavy atom. The van der Waals surface area contributed by atoms with Crippen molar-refractivity contribution < 1.29 is 28.0 Å². The Bertz CT molecular complexity index is 680. The lowest BCUT2D eigenvalue weighted by atomic mass is 9.77. The van der Waals surface area contributed by atoms with E-state index in [4.69, 9.17) is 14.4 Å². The third kappa shape index (κ3) is 3.91. The summed E-state index contributed by atoms with van der Waals surface area (Å²) in [6.45, 7) is 7.82. The van der Waals surface area contributed by atoms with Gasteiger partial charge in [0.15, 0.2) is 0 Å². The largest absolute Gasteiger partial charge is 0.491 e. The van der Waals surface area contributed by atoms with E-state index < -0.39 is 41.5 Å². The Morgan fingerprint density at radius 2 is 1.68 bits per heavy atom. The van der Waals surface area contributed by atoms with Gasteiger partial charge in [0.05, 0.1) is 16.8 Å². The first kappa shape index (κ1) is 19.6. The van der Waals surface area contributed by atoms with E-state index in [-0.39, 0.29) is 12.1 Å². The normalized spacial score (nSPS) is 19.3. The molecule has 5 nitrogen and oxygen atoms in total. The summed E-state index contributed by atoms with van der Waals surface area (Å²) in [5, 5.41) is 11.8. The fraction of sp³-hybridized carbons (Fsp3) is 0.471. The number of likely N-dealkylation sites (N-methyl/N-ethyl adjacent to an activating group) is 1. The number of carboxylic acids is 1. The number of carbonyl (C=O) groups is 1. The van der Waals surface area contributed by atoms with Gasteiger partial charge < -0.3 is 19.7 Å². The topological polar surface area (TPSA) is 67.8 Å². The van der Waals surface area contributed by atoms with Crippen LogP contribution in [0.15, 0.2) is 17.6 Å². The van der Waals surface area contributed by atoms with E-state index in [0.717, 1.165) is 12.1 Å². The minimum Gasteiger partial charge on any atom is -0.478 e. The van der Waals surface area contributed by atoms with Crippen molar-refractivity contribution in [3.8, 4) is 0 Å². The third-order valence-corrected chi connectivity index (χ3v) is 4.59. The van der Waals surface area contributed by atoms with Crippen molar-refractivity contribution in [3.05, 3.63) is 40.4 Å². The summed E-state index contributed by atoms with van der Waals surface area (Å²) in [7, 11) is 0.926. The molecule has 1 aromatic rings. The molecule has 2 N–H and O–H groups in total. The second-order valence-corrected chi connectivity index (χ2v) is 7.00. The molecule has 0 unspecified atom stereocenters. The zero-order valence-corrected chi connectivity index (χ0v) is 14.9. The molecule has 0 radical (unpaired) electrons. The Morgan fingerprint density at radius 1 is 1.20 bits per heavy atom. The van der Waals surface area contributed by atoms with Gasteiger partial charge in [0.25, 0.3) is 0 Å². The van der Waals surface area contributed by atoms with Crippen molar-refractivity contribution in [1.82, 2.24) is 5.32 Å². The molecule has 1 saturated heterocycles. The molecule has 25 heavy (non-hydrogen) atoms. The van der Waals surface area contributed by atoms with Crippen molar-refractivity contribution >= 4 is 19.2 Å². The summed E-state index contributed by atoms with van der Waals surface area (Å²) in [4.78, 5) is 10.9. The van der Waals surface area contributed by atoms with Crippen molar-refractivity contribution in [2.24, 2.45) is 0 Å². The van der Waals surface area contributed by atoms with Crippen LogP contribution in [0.1, 0.15) is 43.6 Å². The average molecular weight is 353 g/mol. The third-order valence-electron chi connectivity index (χ3n) is 4.59. The van der Waals surface area contributed by atoms with Gasteiger partial charge in [0, 0.05) is 12.1 Å². The van der Waals surface area contributed by atoms with Gasteiger partial charge >= 0.3 is 13.1 Å². The highest BCUT2D eigenvalue weighted by molar-refractivity contribution is 6.55. The number of rotatable bonds is 5. The van der Waals surface area contributed by atoms with Crippen LogP contribution in [0.2, 0.25) is 0 Å². The minimum absolute atomic E-state index is 0.288. The lowest BCUT2D eigenvalue weighted by Gasteiger charge is -2.32. The summed E-state index contributed by atoms with van der Waals surface area (Å²) in [6.07, 6.45) is 1.30. The van der Waals surface area contributed by atoms with E-state index in [2.05, 4.69) is 5.32 Å². The highest BCUT2D eigenvalue weighted by Gasteiger charge is 2.52. The first-order valence-electron chi connectivity index (χ1n) is 7.91. The average Bonchev–Trinajstić information content (AvgIpc) is 2.69. The molecule has 136 valence electrons. The van der Waals surface area contributed by atoms with Crippen molar-refractivity contribution in [2.75, 3.05) is 13.6 Å². The Kier molecular flexibility index (Phi) is 5.37. The molecule has 8 heteroatoms. The van der Waals surface area contributed by atoms with Crippen LogP contribution >= 0.6 is 0 Å². The molecule has 0 amide bonds. The van der Waals surface area contributed by atoms with Gasteiger partial charge in [-0.2, -0.15) is 0 Å². The van der Waals surface area contributed by atoms with Crippen molar-refractivity contribution in [2.45, 2.75) is 38.9 Å². The first-order chi connectivity index (χ1) is 11.5. The van der Waals surface area contributed by atoms with E-state index in [0.29, 0.717) is 5.47 Å². The fourth-order valence-electron chi connectivity index (χ4n) is 2.43. The molecule has 1 heterocycles. The van der Waals surface area contributed by atoms with E-state index in [1.54, 1.807) is 7.05 Å². The molecule has 0 aromatic heterocycles. The van der Waals surface area contributed by atoms with Crippen LogP contribution in [0, 0.1) is 11.6 Å². The maximum atomic E-state index is 14.2. The second kappa shape index (κ2) is 6.86. The molecule has 2 rings (SSSR count). The van der Waals surface area contributed by atoms with Gasteiger partial charge in [0.2, 0.25) is 0 Å². The summed E-state index contributed by atoms with van der Waals surface area (Å²) in [5.74, 6) is -3.31. The molecular formula is C17H22BF2NO4. The number of nitrogens with one attached hydrogen (secondary N) is 1. The fourth-order valence-corrected chi connectivity index (χ4v) is 2.43. The smallest absolute Gasteiger partial charge is 0.478 e. The predicted molar refractivity (Wildman–Crippen MR) is 91.3 cm³/mol. The van der Waals surface area contributed by atoms with E-state index in [1.165, 1.54) is 6.08 Å². The minimum atomic E-state index is -1.39. The summed E-state index contributed by atoms with van der Waals surface area (Å²) in [5.41, 5.74) is -1.45. The van der Waals surface area contributed by atoms with Gasteiger partial charge in [-0.1, -0.05) is 6.08 Å². The monoisotopic (exact) mass is 353 g/mol. The lowest BCUT2D eigenvalue weighted by molar-refractivity contribution is 0.00578. The number of benzene rings is 1. The van der Waals surface area contributed by atoms with Gasteiger partial charge in [-0.15, -0.1) is 0 Å². The summed E-state index contributed by atoms with van der Waals surface area (Å²) >= 11 is 0. The van der Waals surface area contributed by atoms with Crippen LogP contribution < -0.4 is 5.32 Å². The molecular weight excluding hydrogens is 331 g/mol. The van der Waals surface area contributed by atoms with Crippen molar-refractivity contribution in [3.63, 3.8) is 0 Å². The van der Waals surface area contributed by atoms with E-state index in [1.807, 2.05) is 27.7 Å². The van der Waals surface area contributed by atoms with Gasteiger partial charge in [-0.3, -0.25) is 0 Å². The number of carboxylic acid groups (broad SMARTS) is 1. The summed E-state index contributed by atoms with van der Waals surface area (Å²) < 4.78 is 40.3. The zero-order chi connectivity index (χ0) is 19.0. The van der Waals surface area contributed by atoms with Gasteiger partial charge in [0.1, 0.15) is 11.6 Å². The van der Waals surface area contributed by atoms with Gasteiger partial charge in [-0.05, 0) is 52.3 Å². The molecule has 0 aliphatic carbocycles. The Hall–Kier alpha value is -1.77. The molecule has 0 atom stereocenters. The molecule has 1 aliphatic heterocycles. The predicted octanol–water partition coefficient (Wildman–Crippen LogP) is 2.90. The number of aromatic carboxylic acids is 1. The molecule has 0 spiro atoms. The van der Waals surface area contributed by atoms with Crippen LogP contribution in [-0.4, -0.2) is 43.0 Å². The second-order valence-electron chi connectivity index (χ2n) is 7.00. The van der Waals surface area contributed by atoms with Crippen LogP contribution in [0.5, 0.6) is 0 Å². The Balaban J connectivity index is 2.44. The quantitative estimate of drug-likeness (QED) is 0.797.